The van der Waals surface area contributed by atoms with Gasteiger partial charge < -0.3 is 5.73 Å². The molecule has 2 aromatic rings. The Labute approximate surface area is 92.0 Å². The molecule has 8 heteroatoms. The van der Waals surface area contributed by atoms with Crippen molar-refractivity contribution in [1.29, 1.82) is 0 Å². The van der Waals surface area contributed by atoms with Gasteiger partial charge in [0.05, 0.1) is 17.9 Å². The molecule has 2 aromatic heterocycles. The molecule has 0 fully saturated rings. The lowest BCUT2D eigenvalue weighted by molar-refractivity contribution is 0.547. The van der Waals surface area contributed by atoms with Crippen molar-refractivity contribution in [2.75, 3.05) is 5.73 Å². The summed E-state index contributed by atoms with van der Waals surface area (Å²) in [6.45, 7) is 0. The molecular formula is C8H14N8. The van der Waals surface area contributed by atoms with Gasteiger partial charge in [0, 0.05) is 25.2 Å². The van der Waals surface area contributed by atoms with Crippen LogP contribution in [0.3, 0.4) is 0 Å². The van der Waals surface area contributed by atoms with Gasteiger partial charge in [-0.1, -0.05) is 5.21 Å². The predicted octanol–water partition coefficient (Wildman–Crippen LogP) is -1.13. The molecule has 0 bridgehead atoms. The number of rotatable bonds is 4. The molecule has 8 nitrogen and oxygen atoms in total. The molecule has 0 radical (unpaired) electrons. The van der Waals surface area contributed by atoms with Gasteiger partial charge in [0.1, 0.15) is 5.82 Å². The fraction of sp³-hybridized carbons (Fsp3) is 0.375. The van der Waals surface area contributed by atoms with Crippen molar-refractivity contribution in [1.82, 2.24) is 30.6 Å². The second-order valence-electron chi connectivity index (χ2n) is 3.55. The minimum absolute atomic E-state index is 0.129. The number of anilines is 1. The van der Waals surface area contributed by atoms with E-state index in [1.54, 1.807) is 10.9 Å². The first-order valence-electron chi connectivity index (χ1n) is 4.80. The van der Waals surface area contributed by atoms with E-state index in [9.17, 15) is 0 Å². The number of nitrogens with two attached hydrogens (primary N) is 2. The van der Waals surface area contributed by atoms with Crippen molar-refractivity contribution < 1.29 is 0 Å². The Morgan fingerprint density at radius 3 is 2.94 bits per heavy atom. The molecule has 0 aliphatic heterocycles. The topological polar surface area (TPSA) is 123 Å². The average Bonchev–Trinajstić information content (AvgIpc) is 2.84. The highest BCUT2D eigenvalue weighted by molar-refractivity contribution is 5.39. The first-order chi connectivity index (χ1) is 7.70. The predicted molar refractivity (Wildman–Crippen MR) is 57.8 cm³/mol. The summed E-state index contributed by atoms with van der Waals surface area (Å²) in [7, 11) is 1.81. The van der Waals surface area contributed by atoms with Crippen LogP contribution >= 0.6 is 0 Å². The Hall–Kier alpha value is -1.93. The molecule has 6 N–H and O–H groups in total. The lowest BCUT2D eigenvalue weighted by Crippen LogP contribution is -2.30. The Kier molecular flexibility index (Phi) is 2.84. The summed E-state index contributed by atoms with van der Waals surface area (Å²) in [6, 6.07) is -0.129. The van der Waals surface area contributed by atoms with Crippen molar-refractivity contribution in [3.63, 3.8) is 0 Å². The number of nitrogen functional groups attached to an aromatic ring is 1. The van der Waals surface area contributed by atoms with Gasteiger partial charge >= 0.3 is 0 Å². The summed E-state index contributed by atoms with van der Waals surface area (Å²) in [5.41, 5.74) is 10.1. The fourth-order valence-corrected chi connectivity index (χ4v) is 1.54. The van der Waals surface area contributed by atoms with Crippen molar-refractivity contribution in [3.8, 4) is 0 Å². The van der Waals surface area contributed by atoms with Gasteiger partial charge in [-0.05, 0) is 0 Å². The Morgan fingerprint density at radius 1 is 1.62 bits per heavy atom. The highest BCUT2D eigenvalue weighted by Crippen LogP contribution is 2.19. The van der Waals surface area contributed by atoms with E-state index in [0.717, 1.165) is 11.3 Å². The van der Waals surface area contributed by atoms with Crippen molar-refractivity contribution in [2.45, 2.75) is 12.5 Å². The van der Waals surface area contributed by atoms with Crippen LogP contribution in [-0.4, -0.2) is 25.2 Å². The number of hydrazine groups is 1. The van der Waals surface area contributed by atoms with Crippen LogP contribution in [-0.2, 0) is 13.5 Å². The maximum atomic E-state index is 5.72. The summed E-state index contributed by atoms with van der Waals surface area (Å²) >= 11 is 0. The molecule has 16 heavy (non-hydrogen) atoms. The number of hydrogen-bond acceptors (Lipinski definition) is 6. The summed E-state index contributed by atoms with van der Waals surface area (Å²) in [4.78, 5) is 0. The molecular weight excluding hydrogens is 208 g/mol. The highest BCUT2D eigenvalue weighted by Gasteiger charge is 2.16. The van der Waals surface area contributed by atoms with Crippen LogP contribution < -0.4 is 17.0 Å². The van der Waals surface area contributed by atoms with Crippen LogP contribution in [0.1, 0.15) is 17.3 Å². The normalized spacial score (nSPS) is 12.9. The van der Waals surface area contributed by atoms with Gasteiger partial charge in [-0.3, -0.25) is 21.0 Å². The number of hydrogen-bond donors (Lipinski definition) is 4. The minimum Gasteiger partial charge on any atom is -0.384 e. The summed E-state index contributed by atoms with van der Waals surface area (Å²) in [6.07, 6.45) is 4.09. The van der Waals surface area contributed by atoms with E-state index in [1.165, 1.54) is 0 Å². The molecule has 0 aliphatic carbocycles. The lowest BCUT2D eigenvalue weighted by Gasteiger charge is -2.12. The number of aryl methyl sites for hydroxylation is 1. The number of nitrogens with one attached hydrogen (secondary N) is 2. The van der Waals surface area contributed by atoms with Gasteiger partial charge in [-0.25, -0.2) is 0 Å². The molecule has 2 rings (SSSR count). The first kappa shape index (κ1) is 10.6. The molecule has 1 atom stereocenters. The number of aromatic nitrogens is 5. The summed E-state index contributed by atoms with van der Waals surface area (Å²) < 4.78 is 1.64. The van der Waals surface area contributed by atoms with Crippen LogP contribution in [0.15, 0.2) is 12.4 Å². The van der Waals surface area contributed by atoms with Crippen LogP contribution in [0, 0.1) is 0 Å². The molecule has 86 valence electrons. The van der Waals surface area contributed by atoms with E-state index in [0.29, 0.717) is 12.2 Å². The molecule has 0 amide bonds. The third-order valence-corrected chi connectivity index (χ3v) is 2.34. The second-order valence-corrected chi connectivity index (χ2v) is 3.55. The molecule has 0 saturated heterocycles. The van der Waals surface area contributed by atoms with Gasteiger partial charge in [-0.15, -0.1) is 5.10 Å². The summed E-state index contributed by atoms with van der Waals surface area (Å²) in [5.74, 6) is 5.99. The largest absolute Gasteiger partial charge is 0.384 e. The van der Waals surface area contributed by atoms with E-state index in [1.807, 2.05) is 13.2 Å². The molecule has 0 spiro atoms. The van der Waals surface area contributed by atoms with Crippen LogP contribution in [0.25, 0.3) is 0 Å². The fourth-order valence-electron chi connectivity index (χ4n) is 1.54. The quantitative estimate of drug-likeness (QED) is 0.383. The van der Waals surface area contributed by atoms with E-state index in [2.05, 4.69) is 25.9 Å². The lowest BCUT2D eigenvalue weighted by atomic mass is 10.1. The molecule has 1 unspecified atom stereocenters. The Morgan fingerprint density at radius 2 is 2.44 bits per heavy atom. The highest BCUT2D eigenvalue weighted by atomic mass is 15.4. The second kappa shape index (κ2) is 4.29. The number of nitrogens with zero attached hydrogens (tertiary/aromatic N) is 4. The maximum absolute atomic E-state index is 5.72. The molecule has 0 saturated carbocycles. The maximum Gasteiger partial charge on any atom is 0.123 e. The van der Waals surface area contributed by atoms with Gasteiger partial charge in [0.15, 0.2) is 0 Å². The van der Waals surface area contributed by atoms with E-state index >= 15 is 0 Å². The van der Waals surface area contributed by atoms with E-state index in [4.69, 9.17) is 11.6 Å². The van der Waals surface area contributed by atoms with Crippen LogP contribution in [0.4, 0.5) is 5.82 Å². The Balaban J connectivity index is 2.15. The summed E-state index contributed by atoms with van der Waals surface area (Å²) in [5, 5.41) is 14.4. The van der Waals surface area contributed by atoms with E-state index < -0.39 is 0 Å². The Bertz CT molecular complexity index is 458. The van der Waals surface area contributed by atoms with Gasteiger partial charge in [0.25, 0.3) is 0 Å². The van der Waals surface area contributed by atoms with Crippen molar-refractivity contribution >= 4 is 5.82 Å². The van der Waals surface area contributed by atoms with Crippen molar-refractivity contribution in [3.05, 3.63) is 23.7 Å². The van der Waals surface area contributed by atoms with Crippen LogP contribution in [0.2, 0.25) is 0 Å². The zero-order valence-corrected chi connectivity index (χ0v) is 8.88. The molecule has 2 heterocycles. The third-order valence-electron chi connectivity index (χ3n) is 2.34. The third kappa shape index (κ3) is 2.02. The standard InChI is InChI=1S/C8H14N8/c1-16-4-5(13-15-16)2-7(12-10)6-3-11-14-8(6)9/h3-4,7,12H,2,10H2,1H3,(H3,9,11,14). The SMILES string of the molecule is Cn1cc(CC(NN)c2cn[nH]c2N)nn1. The number of aromatic amines is 1. The minimum atomic E-state index is -0.129. The zero-order valence-electron chi connectivity index (χ0n) is 8.88. The molecule has 0 aliphatic rings. The smallest absolute Gasteiger partial charge is 0.123 e. The van der Waals surface area contributed by atoms with Gasteiger partial charge in [0.2, 0.25) is 0 Å². The van der Waals surface area contributed by atoms with Gasteiger partial charge in [-0.2, -0.15) is 5.10 Å². The molecule has 0 aromatic carbocycles. The van der Waals surface area contributed by atoms with Crippen LogP contribution in [0.5, 0.6) is 0 Å². The average molecular weight is 222 g/mol. The zero-order chi connectivity index (χ0) is 11.5. The number of H-pyrrole nitrogens is 1. The first-order valence-corrected chi connectivity index (χ1v) is 4.80. The van der Waals surface area contributed by atoms with E-state index in [-0.39, 0.29) is 6.04 Å². The monoisotopic (exact) mass is 222 g/mol. The van der Waals surface area contributed by atoms with Crippen molar-refractivity contribution in [2.24, 2.45) is 12.9 Å².